The van der Waals surface area contributed by atoms with Crippen molar-refractivity contribution >= 4 is 0 Å². The van der Waals surface area contributed by atoms with Crippen molar-refractivity contribution in [3.8, 4) is 0 Å². The molecule has 0 radical (unpaired) electrons. The van der Waals surface area contributed by atoms with E-state index in [9.17, 15) is 0 Å². The van der Waals surface area contributed by atoms with Gasteiger partial charge in [0.1, 0.15) is 11.6 Å². The standard InChI is InChI=1S/C13H22N4O/c1-3-10-13-16-15-12(17(13)7-6-14-10)9-5-8-18-11(9)4-2/h9-11,14H,3-8H2,1-2H3. The molecule has 3 rings (SSSR count). The predicted molar refractivity (Wildman–Crippen MR) is 68.4 cm³/mol. The monoisotopic (exact) mass is 250 g/mol. The minimum Gasteiger partial charge on any atom is -0.377 e. The third-order valence-corrected chi connectivity index (χ3v) is 4.20. The second-order valence-electron chi connectivity index (χ2n) is 5.20. The molecule has 0 saturated carbocycles. The summed E-state index contributed by atoms with van der Waals surface area (Å²) in [6.45, 7) is 7.24. The fraction of sp³-hybridized carbons (Fsp3) is 0.846. The Morgan fingerprint density at radius 1 is 1.28 bits per heavy atom. The first-order valence-electron chi connectivity index (χ1n) is 7.13. The van der Waals surface area contributed by atoms with E-state index in [4.69, 9.17) is 4.74 Å². The van der Waals surface area contributed by atoms with Crippen LogP contribution in [0.15, 0.2) is 0 Å². The van der Waals surface area contributed by atoms with E-state index in [1.54, 1.807) is 0 Å². The van der Waals surface area contributed by atoms with Gasteiger partial charge in [0, 0.05) is 25.6 Å². The highest BCUT2D eigenvalue weighted by Crippen LogP contribution is 2.33. The van der Waals surface area contributed by atoms with Gasteiger partial charge in [0.2, 0.25) is 0 Å². The maximum Gasteiger partial charge on any atom is 0.150 e. The number of ether oxygens (including phenoxy) is 1. The van der Waals surface area contributed by atoms with Crippen molar-refractivity contribution in [2.24, 2.45) is 0 Å². The normalized spacial score (nSPS) is 31.6. The lowest BCUT2D eigenvalue weighted by molar-refractivity contribution is 0.0986. The first-order chi connectivity index (χ1) is 8.85. The van der Waals surface area contributed by atoms with Crippen LogP contribution in [-0.4, -0.2) is 34.0 Å². The van der Waals surface area contributed by atoms with Crippen molar-refractivity contribution in [1.29, 1.82) is 0 Å². The van der Waals surface area contributed by atoms with Crippen molar-refractivity contribution in [2.75, 3.05) is 13.2 Å². The van der Waals surface area contributed by atoms with Gasteiger partial charge in [-0.15, -0.1) is 10.2 Å². The van der Waals surface area contributed by atoms with Crippen LogP contribution >= 0.6 is 0 Å². The summed E-state index contributed by atoms with van der Waals surface area (Å²) in [6.07, 6.45) is 3.54. The molecule has 0 amide bonds. The van der Waals surface area contributed by atoms with Gasteiger partial charge in [0.15, 0.2) is 0 Å². The highest BCUT2D eigenvalue weighted by Gasteiger charge is 2.34. The topological polar surface area (TPSA) is 52.0 Å². The molecule has 0 aromatic carbocycles. The largest absolute Gasteiger partial charge is 0.377 e. The van der Waals surface area contributed by atoms with E-state index in [0.29, 0.717) is 18.1 Å². The summed E-state index contributed by atoms with van der Waals surface area (Å²) < 4.78 is 8.11. The summed E-state index contributed by atoms with van der Waals surface area (Å²) in [5, 5.41) is 12.4. The highest BCUT2D eigenvalue weighted by atomic mass is 16.5. The fourth-order valence-electron chi connectivity index (χ4n) is 3.20. The van der Waals surface area contributed by atoms with Crippen LogP contribution in [0, 0.1) is 0 Å². The van der Waals surface area contributed by atoms with Crippen LogP contribution < -0.4 is 5.32 Å². The van der Waals surface area contributed by atoms with Crippen molar-refractivity contribution in [2.45, 2.75) is 57.7 Å². The molecule has 5 nitrogen and oxygen atoms in total. The van der Waals surface area contributed by atoms with Gasteiger partial charge >= 0.3 is 0 Å². The maximum absolute atomic E-state index is 5.79. The number of nitrogens with one attached hydrogen (secondary N) is 1. The third kappa shape index (κ3) is 1.86. The Morgan fingerprint density at radius 2 is 2.11 bits per heavy atom. The molecule has 0 spiro atoms. The zero-order chi connectivity index (χ0) is 12.5. The molecule has 3 heterocycles. The summed E-state index contributed by atoms with van der Waals surface area (Å²) in [5.41, 5.74) is 0. The minimum atomic E-state index is 0.327. The average Bonchev–Trinajstić information content (AvgIpc) is 3.03. The van der Waals surface area contributed by atoms with Gasteiger partial charge in [0.25, 0.3) is 0 Å². The van der Waals surface area contributed by atoms with Gasteiger partial charge < -0.3 is 14.6 Å². The summed E-state index contributed by atoms with van der Waals surface area (Å²) >= 11 is 0. The number of nitrogens with zero attached hydrogens (tertiary/aromatic N) is 3. The molecule has 3 atom stereocenters. The number of rotatable bonds is 3. The quantitative estimate of drug-likeness (QED) is 0.885. The second kappa shape index (κ2) is 4.97. The maximum atomic E-state index is 5.79. The summed E-state index contributed by atoms with van der Waals surface area (Å²) in [7, 11) is 0. The molecule has 1 N–H and O–H groups in total. The first kappa shape index (κ1) is 12.1. The van der Waals surface area contributed by atoms with E-state index in [1.165, 1.54) is 0 Å². The molecule has 1 aromatic heterocycles. The lowest BCUT2D eigenvalue weighted by Gasteiger charge is -2.25. The zero-order valence-electron chi connectivity index (χ0n) is 11.2. The molecule has 2 aliphatic heterocycles. The number of hydrogen-bond donors (Lipinski definition) is 1. The van der Waals surface area contributed by atoms with Crippen molar-refractivity contribution in [1.82, 2.24) is 20.1 Å². The minimum absolute atomic E-state index is 0.327. The van der Waals surface area contributed by atoms with Crippen LogP contribution in [0.25, 0.3) is 0 Å². The molecule has 18 heavy (non-hydrogen) atoms. The van der Waals surface area contributed by atoms with E-state index < -0.39 is 0 Å². The van der Waals surface area contributed by atoms with Crippen LogP contribution in [0.2, 0.25) is 0 Å². The Morgan fingerprint density at radius 3 is 2.89 bits per heavy atom. The molecular weight excluding hydrogens is 228 g/mol. The van der Waals surface area contributed by atoms with E-state index in [2.05, 4.69) is 33.9 Å². The van der Waals surface area contributed by atoms with Crippen molar-refractivity contribution in [3.05, 3.63) is 11.6 Å². The molecular formula is C13H22N4O. The van der Waals surface area contributed by atoms with Gasteiger partial charge in [-0.25, -0.2) is 0 Å². The lowest BCUT2D eigenvalue weighted by atomic mass is 9.98. The van der Waals surface area contributed by atoms with Crippen LogP contribution in [0.4, 0.5) is 0 Å². The lowest BCUT2D eigenvalue weighted by Crippen LogP contribution is -2.34. The molecule has 100 valence electrons. The van der Waals surface area contributed by atoms with Crippen LogP contribution in [0.5, 0.6) is 0 Å². The number of aromatic nitrogens is 3. The molecule has 5 heteroatoms. The third-order valence-electron chi connectivity index (χ3n) is 4.20. The van der Waals surface area contributed by atoms with Crippen molar-refractivity contribution in [3.63, 3.8) is 0 Å². The van der Waals surface area contributed by atoms with Crippen LogP contribution in [0.1, 0.15) is 56.7 Å². The molecule has 0 bridgehead atoms. The molecule has 1 saturated heterocycles. The Hall–Kier alpha value is -0.940. The molecule has 1 fully saturated rings. The molecule has 2 aliphatic rings. The van der Waals surface area contributed by atoms with E-state index >= 15 is 0 Å². The summed E-state index contributed by atoms with van der Waals surface area (Å²) in [4.78, 5) is 0. The van der Waals surface area contributed by atoms with Gasteiger partial charge in [-0.1, -0.05) is 13.8 Å². The molecule has 0 aliphatic carbocycles. The zero-order valence-corrected chi connectivity index (χ0v) is 11.2. The van der Waals surface area contributed by atoms with Crippen LogP contribution in [-0.2, 0) is 11.3 Å². The SMILES string of the molecule is CCC1NCCn2c1nnc2C1CCOC1CC. The van der Waals surface area contributed by atoms with E-state index in [1.807, 2.05) is 0 Å². The van der Waals surface area contributed by atoms with Gasteiger partial charge in [-0.3, -0.25) is 0 Å². The summed E-state index contributed by atoms with van der Waals surface area (Å²) in [6, 6.07) is 0.363. The van der Waals surface area contributed by atoms with E-state index in [-0.39, 0.29) is 0 Å². The average molecular weight is 250 g/mol. The van der Waals surface area contributed by atoms with E-state index in [0.717, 1.165) is 50.6 Å². The van der Waals surface area contributed by atoms with Gasteiger partial charge in [-0.2, -0.15) is 0 Å². The molecule has 3 unspecified atom stereocenters. The smallest absolute Gasteiger partial charge is 0.150 e. The first-order valence-corrected chi connectivity index (χ1v) is 7.13. The summed E-state index contributed by atoms with van der Waals surface area (Å²) in [5.74, 6) is 2.70. The Bertz CT molecular complexity index is 417. The Labute approximate surface area is 108 Å². The van der Waals surface area contributed by atoms with Crippen molar-refractivity contribution < 1.29 is 4.74 Å². The van der Waals surface area contributed by atoms with Gasteiger partial charge in [-0.05, 0) is 19.3 Å². The molecule has 1 aromatic rings. The second-order valence-corrected chi connectivity index (χ2v) is 5.20. The highest BCUT2D eigenvalue weighted by molar-refractivity contribution is 5.10. The fourth-order valence-corrected chi connectivity index (χ4v) is 3.20. The number of fused-ring (bicyclic) bond motifs is 1. The Kier molecular flexibility index (Phi) is 3.35. The van der Waals surface area contributed by atoms with Crippen LogP contribution in [0.3, 0.4) is 0 Å². The van der Waals surface area contributed by atoms with Gasteiger partial charge in [0.05, 0.1) is 12.1 Å². The predicted octanol–water partition coefficient (Wildman–Crippen LogP) is 1.61. The Balaban J connectivity index is 1.92. The number of hydrogen-bond acceptors (Lipinski definition) is 4.